The van der Waals surface area contributed by atoms with E-state index < -0.39 is 0 Å². The molecule has 4 nitrogen and oxygen atoms in total. The van der Waals surface area contributed by atoms with Gasteiger partial charge in [0.1, 0.15) is 5.75 Å². The number of aromatic hydroxyl groups is 1. The van der Waals surface area contributed by atoms with Crippen molar-refractivity contribution in [3.05, 3.63) is 50.4 Å². The van der Waals surface area contributed by atoms with Crippen LogP contribution in [0, 0.1) is 6.92 Å². The lowest BCUT2D eigenvalue weighted by molar-refractivity contribution is 0.468. The molecular formula is C13H13Br2N3O. The summed E-state index contributed by atoms with van der Waals surface area (Å²) < 4.78 is 1.35. The zero-order chi connectivity index (χ0) is 13.8. The molecule has 0 unspecified atom stereocenters. The molecular weight excluding hydrogens is 374 g/mol. The molecule has 1 aromatic carbocycles. The maximum absolute atomic E-state index is 9.63. The Balaban J connectivity index is 1.94. The van der Waals surface area contributed by atoms with E-state index in [1.54, 1.807) is 12.4 Å². The lowest BCUT2D eigenvalue weighted by Crippen LogP contribution is -2.14. The Morgan fingerprint density at radius 2 is 1.79 bits per heavy atom. The fourth-order valence-electron chi connectivity index (χ4n) is 1.57. The van der Waals surface area contributed by atoms with Crippen LogP contribution < -0.4 is 5.32 Å². The number of phenolic OH excluding ortho intramolecular Hbond substituents is 1. The van der Waals surface area contributed by atoms with Gasteiger partial charge in [0.25, 0.3) is 0 Å². The van der Waals surface area contributed by atoms with E-state index in [2.05, 4.69) is 47.1 Å². The van der Waals surface area contributed by atoms with Crippen molar-refractivity contribution >= 4 is 31.9 Å². The first-order valence-corrected chi connectivity index (χ1v) is 7.30. The van der Waals surface area contributed by atoms with Crippen molar-refractivity contribution in [2.24, 2.45) is 0 Å². The number of rotatable bonds is 4. The predicted octanol–water partition coefficient (Wildman–Crippen LogP) is 3.31. The molecule has 2 aromatic rings. The molecule has 2 rings (SSSR count). The van der Waals surface area contributed by atoms with Crippen LogP contribution in [0.1, 0.15) is 17.0 Å². The summed E-state index contributed by atoms with van der Waals surface area (Å²) in [6, 6.07) is 3.77. The highest BCUT2D eigenvalue weighted by Crippen LogP contribution is 2.33. The lowest BCUT2D eigenvalue weighted by Gasteiger charge is -2.07. The van der Waals surface area contributed by atoms with Crippen LogP contribution in [0.4, 0.5) is 0 Å². The second-order valence-corrected chi connectivity index (χ2v) is 5.87. The number of nitrogens with one attached hydrogen (secondary N) is 1. The van der Waals surface area contributed by atoms with Crippen molar-refractivity contribution in [1.82, 2.24) is 15.3 Å². The smallest absolute Gasteiger partial charge is 0.143 e. The SMILES string of the molecule is Cc1cnc(CNCc2cc(Br)c(O)c(Br)c2)cn1. The van der Waals surface area contributed by atoms with Crippen molar-refractivity contribution in [3.63, 3.8) is 0 Å². The molecule has 0 amide bonds. The van der Waals surface area contributed by atoms with Gasteiger partial charge in [0.15, 0.2) is 0 Å². The summed E-state index contributed by atoms with van der Waals surface area (Å²) in [5, 5.41) is 12.9. The van der Waals surface area contributed by atoms with Crippen LogP contribution in [-0.2, 0) is 13.1 Å². The predicted molar refractivity (Wildman–Crippen MR) is 80.8 cm³/mol. The van der Waals surface area contributed by atoms with Gasteiger partial charge in [-0.25, -0.2) is 0 Å². The number of hydrogen-bond acceptors (Lipinski definition) is 4. The van der Waals surface area contributed by atoms with Gasteiger partial charge in [-0.15, -0.1) is 0 Å². The second kappa shape index (κ2) is 6.45. The van der Waals surface area contributed by atoms with Crippen LogP contribution >= 0.6 is 31.9 Å². The molecule has 6 heteroatoms. The molecule has 100 valence electrons. The van der Waals surface area contributed by atoms with Gasteiger partial charge in [0.05, 0.1) is 20.3 Å². The van der Waals surface area contributed by atoms with E-state index in [0.29, 0.717) is 22.0 Å². The number of hydrogen-bond donors (Lipinski definition) is 2. The molecule has 0 saturated carbocycles. The maximum atomic E-state index is 9.63. The molecule has 0 aliphatic carbocycles. The molecule has 0 aliphatic heterocycles. The Kier molecular flexibility index (Phi) is 4.90. The first-order valence-electron chi connectivity index (χ1n) is 5.71. The number of phenols is 1. The van der Waals surface area contributed by atoms with Crippen LogP contribution in [-0.4, -0.2) is 15.1 Å². The highest BCUT2D eigenvalue weighted by atomic mass is 79.9. The largest absolute Gasteiger partial charge is 0.506 e. The van der Waals surface area contributed by atoms with Gasteiger partial charge in [0, 0.05) is 25.5 Å². The molecule has 1 heterocycles. The van der Waals surface area contributed by atoms with E-state index in [1.807, 2.05) is 19.1 Å². The first-order chi connectivity index (χ1) is 9.06. The molecule has 0 bridgehead atoms. The van der Waals surface area contributed by atoms with Crippen molar-refractivity contribution < 1.29 is 5.11 Å². The van der Waals surface area contributed by atoms with Gasteiger partial charge >= 0.3 is 0 Å². The molecule has 0 saturated heterocycles. The van der Waals surface area contributed by atoms with Crippen molar-refractivity contribution in [2.45, 2.75) is 20.0 Å². The maximum Gasteiger partial charge on any atom is 0.143 e. The van der Waals surface area contributed by atoms with E-state index in [4.69, 9.17) is 0 Å². The third-order valence-electron chi connectivity index (χ3n) is 2.55. The van der Waals surface area contributed by atoms with Gasteiger partial charge in [-0.3, -0.25) is 9.97 Å². The van der Waals surface area contributed by atoms with Crippen LogP contribution in [0.3, 0.4) is 0 Å². The van der Waals surface area contributed by atoms with Gasteiger partial charge in [-0.2, -0.15) is 0 Å². The third kappa shape index (κ3) is 3.99. The summed E-state index contributed by atoms with van der Waals surface area (Å²) in [4.78, 5) is 8.47. The van der Waals surface area contributed by atoms with E-state index >= 15 is 0 Å². The number of aromatic nitrogens is 2. The van der Waals surface area contributed by atoms with Gasteiger partial charge < -0.3 is 10.4 Å². The second-order valence-electron chi connectivity index (χ2n) is 4.16. The van der Waals surface area contributed by atoms with Crippen LogP contribution in [0.5, 0.6) is 5.75 Å². The van der Waals surface area contributed by atoms with Gasteiger partial charge in [0.2, 0.25) is 0 Å². The third-order valence-corrected chi connectivity index (χ3v) is 3.76. The summed E-state index contributed by atoms with van der Waals surface area (Å²) in [6.45, 7) is 3.26. The van der Waals surface area contributed by atoms with E-state index in [9.17, 15) is 5.11 Å². The Morgan fingerprint density at radius 1 is 1.11 bits per heavy atom. The van der Waals surface area contributed by atoms with Crippen molar-refractivity contribution in [2.75, 3.05) is 0 Å². The van der Waals surface area contributed by atoms with Crippen LogP contribution in [0.25, 0.3) is 0 Å². The number of benzene rings is 1. The highest BCUT2D eigenvalue weighted by Gasteiger charge is 2.05. The Labute approximate surface area is 128 Å². The summed E-state index contributed by atoms with van der Waals surface area (Å²) in [7, 11) is 0. The normalized spacial score (nSPS) is 10.7. The zero-order valence-electron chi connectivity index (χ0n) is 10.3. The lowest BCUT2D eigenvalue weighted by atomic mass is 10.2. The Bertz CT molecular complexity index is 550. The molecule has 1 aromatic heterocycles. The molecule has 19 heavy (non-hydrogen) atoms. The molecule has 0 atom stereocenters. The quantitative estimate of drug-likeness (QED) is 0.846. The number of aryl methyl sites for hydroxylation is 1. The standard InChI is InChI=1S/C13H13Br2N3O/c1-8-4-18-10(7-17-8)6-16-5-9-2-11(14)13(19)12(15)3-9/h2-4,7,16,19H,5-6H2,1H3. The monoisotopic (exact) mass is 385 g/mol. The van der Waals surface area contributed by atoms with Gasteiger partial charge in [-0.1, -0.05) is 0 Å². The van der Waals surface area contributed by atoms with Crippen LogP contribution in [0.2, 0.25) is 0 Å². The fraction of sp³-hybridized carbons (Fsp3) is 0.231. The zero-order valence-corrected chi connectivity index (χ0v) is 13.5. The highest BCUT2D eigenvalue weighted by molar-refractivity contribution is 9.11. The Hall–Kier alpha value is -0.980. The Morgan fingerprint density at radius 3 is 2.37 bits per heavy atom. The number of nitrogens with zero attached hydrogens (tertiary/aromatic N) is 2. The summed E-state index contributed by atoms with van der Waals surface area (Å²) in [5.74, 6) is 0.216. The van der Waals surface area contributed by atoms with E-state index in [0.717, 1.165) is 17.0 Å². The first kappa shape index (κ1) is 14.4. The van der Waals surface area contributed by atoms with Gasteiger partial charge in [-0.05, 0) is 56.5 Å². The molecule has 2 N–H and O–H groups in total. The van der Waals surface area contributed by atoms with E-state index in [-0.39, 0.29) is 5.75 Å². The minimum absolute atomic E-state index is 0.216. The van der Waals surface area contributed by atoms with Crippen molar-refractivity contribution in [3.8, 4) is 5.75 Å². The van der Waals surface area contributed by atoms with Crippen molar-refractivity contribution in [1.29, 1.82) is 0 Å². The summed E-state index contributed by atoms with van der Waals surface area (Å²) in [6.07, 6.45) is 3.52. The topological polar surface area (TPSA) is 58.0 Å². The summed E-state index contributed by atoms with van der Waals surface area (Å²) >= 11 is 6.62. The minimum atomic E-state index is 0.216. The van der Waals surface area contributed by atoms with Crippen LogP contribution in [0.15, 0.2) is 33.5 Å². The fourth-order valence-corrected chi connectivity index (χ4v) is 2.85. The average molecular weight is 387 g/mol. The molecule has 0 spiro atoms. The number of halogens is 2. The average Bonchev–Trinajstić information content (AvgIpc) is 2.38. The van der Waals surface area contributed by atoms with E-state index in [1.165, 1.54) is 0 Å². The summed E-state index contributed by atoms with van der Waals surface area (Å²) in [5.41, 5.74) is 2.88. The molecule has 0 fully saturated rings. The molecule has 0 radical (unpaired) electrons. The molecule has 0 aliphatic rings. The minimum Gasteiger partial charge on any atom is -0.506 e.